The number of carbonyl (C=O) groups excluding carboxylic acids is 1. The molecule has 0 amide bonds. The van der Waals surface area contributed by atoms with Gasteiger partial charge in [-0.25, -0.2) is 0 Å². The molecule has 0 aliphatic heterocycles. The monoisotopic (exact) mass is 294 g/mol. The lowest BCUT2D eigenvalue weighted by Gasteiger charge is -2.08. The number of rotatable bonds is 5. The van der Waals surface area contributed by atoms with E-state index in [-0.39, 0.29) is 18.1 Å². The van der Waals surface area contributed by atoms with Gasteiger partial charge in [0.05, 0.1) is 18.7 Å². The predicted molar refractivity (Wildman–Crippen MR) is 77.9 cm³/mol. The van der Waals surface area contributed by atoms with Crippen LogP contribution < -0.4 is 10.9 Å². The van der Waals surface area contributed by atoms with Gasteiger partial charge in [-0.1, -0.05) is 17.7 Å². The molecule has 0 fully saturated rings. The molecule has 2 rings (SSSR count). The second-order valence-electron chi connectivity index (χ2n) is 4.26. The average Bonchev–Trinajstić information content (AvgIpc) is 2.38. The van der Waals surface area contributed by atoms with Crippen molar-refractivity contribution in [3.8, 4) is 0 Å². The topological polar surface area (TPSA) is 71.2 Å². The van der Waals surface area contributed by atoms with E-state index in [0.717, 1.165) is 10.9 Å². The minimum atomic E-state index is -0.315. The summed E-state index contributed by atoms with van der Waals surface area (Å²) in [4.78, 5) is 25.6. The number of hydrogen-bond donors (Lipinski definition) is 2. The summed E-state index contributed by atoms with van der Waals surface area (Å²) in [6.45, 7) is 2.62. The highest BCUT2D eigenvalue weighted by Crippen LogP contribution is 2.19. The van der Waals surface area contributed by atoms with Crippen LogP contribution in [0.2, 0.25) is 5.02 Å². The van der Waals surface area contributed by atoms with Gasteiger partial charge in [0.2, 0.25) is 5.56 Å². The third-order valence-electron chi connectivity index (χ3n) is 2.78. The SMILES string of the molecule is CCOC(=O)CNCc1cc(=O)[nH]c2cc(Cl)ccc12. The van der Waals surface area contributed by atoms with Gasteiger partial charge < -0.3 is 15.0 Å². The summed E-state index contributed by atoms with van der Waals surface area (Å²) >= 11 is 5.91. The number of ether oxygens (including phenoxy) is 1. The molecule has 1 aromatic carbocycles. The summed E-state index contributed by atoms with van der Waals surface area (Å²) in [5, 5.41) is 4.41. The molecule has 1 aromatic heterocycles. The van der Waals surface area contributed by atoms with E-state index < -0.39 is 0 Å². The highest BCUT2D eigenvalue weighted by Gasteiger charge is 2.06. The van der Waals surface area contributed by atoms with Crippen molar-refractivity contribution in [3.05, 3.63) is 45.2 Å². The lowest BCUT2D eigenvalue weighted by atomic mass is 10.1. The fourth-order valence-electron chi connectivity index (χ4n) is 1.96. The zero-order valence-corrected chi connectivity index (χ0v) is 11.8. The van der Waals surface area contributed by atoms with Crippen molar-refractivity contribution >= 4 is 28.5 Å². The third kappa shape index (κ3) is 3.59. The quantitative estimate of drug-likeness (QED) is 0.826. The predicted octanol–water partition coefficient (Wildman–Crippen LogP) is 1.83. The molecule has 106 valence electrons. The second kappa shape index (κ2) is 6.54. The Labute approximate surface area is 120 Å². The maximum Gasteiger partial charge on any atom is 0.319 e. The van der Waals surface area contributed by atoms with Crippen molar-refractivity contribution in [1.82, 2.24) is 10.3 Å². The van der Waals surface area contributed by atoms with Crippen LogP contribution in [0.1, 0.15) is 12.5 Å². The third-order valence-corrected chi connectivity index (χ3v) is 3.02. The molecule has 0 aliphatic carbocycles. The van der Waals surface area contributed by atoms with Crippen molar-refractivity contribution in [2.45, 2.75) is 13.5 Å². The Kier molecular flexibility index (Phi) is 4.76. The standard InChI is InChI=1S/C14H15ClN2O3/c1-2-20-14(19)8-16-7-9-5-13(18)17-12-6-10(15)3-4-11(9)12/h3-6,16H,2,7-8H2,1H3,(H,17,18). The fourth-order valence-corrected chi connectivity index (χ4v) is 2.13. The molecule has 0 aliphatic rings. The van der Waals surface area contributed by atoms with E-state index in [2.05, 4.69) is 10.3 Å². The molecule has 2 aromatic rings. The summed E-state index contributed by atoms with van der Waals surface area (Å²) in [7, 11) is 0. The van der Waals surface area contributed by atoms with Gasteiger partial charge >= 0.3 is 5.97 Å². The molecule has 6 heteroatoms. The van der Waals surface area contributed by atoms with Crippen LogP contribution in [0.15, 0.2) is 29.1 Å². The minimum absolute atomic E-state index is 0.107. The number of fused-ring (bicyclic) bond motifs is 1. The van der Waals surface area contributed by atoms with E-state index in [1.165, 1.54) is 6.07 Å². The fraction of sp³-hybridized carbons (Fsp3) is 0.286. The van der Waals surface area contributed by atoms with Crippen molar-refractivity contribution in [2.75, 3.05) is 13.2 Å². The molecular formula is C14H15ClN2O3. The number of carbonyl (C=O) groups is 1. The van der Waals surface area contributed by atoms with E-state index in [1.54, 1.807) is 19.1 Å². The van der Waals surface area contributed by atoms with Gasteiger partial charge in [-0.3, -0.25) is 9.59 Å². The highest BCUT2D eigenvalue weighted by atomic mass is 35.5. The zero-order valence-electron chi connectivity index (χ0n) is 11.0. The lowest BCUT2D eigenvalue weighted by Crippen LogP contribution is -2.25. The molecule has 0 bridgehead atoms. The Morgan fingerprint density at radius 1 is 1.40 bits per heavy atom. The second-order valence-corrected chi connectivity index (χ2v) is 4.69. The van der Waals surface area contributed by atoms with Gasteiger partial charge in [0.15, 0.2) is 0 Å². The van der Waals surface area contributed by atoms with Crippen LogP contribution in [0.5, 0.6) is 0 Å². The number of benzene rings is 1. The first-order chi connectivity index (χ1) is 9.60. The maximum atomic E-state index is 11.6. The maximum absolute atomic E-state index is 11.6. The van der Waals surface area contributed by atoms with Crippen LogP contribution in [-0.4, -0.2) is 24.1 Å². The molecule has 0 unspecified atom stereocenters. The van der Waals surface area contributed by atoms with E-state index >= 15 is 0 Å². The largest absolute Gasteiger partial charge is 0.465 e. The van der Waals surface area contributed by atoms with E-state index in [1.807, 2.05) is 6.07 Å². The molecule has 5 nitrogen and oxygen atoms in total. The average molecular weight is 295 g/mol. The smallest absolute Gasteiger partial charge is 0.319 e. The van der Waals surface area contributed by atoms with Crippen LogP contribution in [0.25, 0.3) is 10.9 Å². The van der Waals surface area contributed by atoms with Crippen molar-refractivity contribution < 1.29 is 9.53 Å². The van der Waals surface area contributed by atoms with Gasteiger partial charge in [0.25, 0.3) is 0 Å². The molecular weight excluding hydrogens is 280 g/mol. The number of aromatic amines is 1. The van der Waals surface area contributed by atoms with Crippen LogP contribution in [0.4, 0.5) is 0 Å². The van der Waals surface area contributed by atoms with Gasteiger partial charge in [0, 0.05) is 23.0 Å². The van der Waals surface area contributed by atoms with Crippen LogP contribution in [-0.2, 0) is 16.1 Å². The zero-order chi connectivity index (χ0) is 14.5. The number of aromatic nitrogens is 1. The summed E-state index contributed by atoms with van der Waals surface area (Å²) in [6.07, 6.45) is 0. The van der Waals surface area contributed by atoms with E-state index in [4.69, 9.17) is 16.3 Å². The molecule has 1 heterocycles. The summed E-state index contributed by atoms with van der Waals surface area (Å²) in [5.74, 6) is -0.315. The molecule has 0 saturated carbocycles. The van der Waals surface area contributed by atoms with Gasteiger partial charge in [-0.2, -0.15) is 0 Å². The number of nitrogens with one attached hydrogen (secondary N) is 2. The van der Waals surface area contributed by atoms with E-state index in [9.17, 15) is 9.59 Å². The van der Waals surface area contributed by atoms with Crippen molar-refractivity contribution in [2.24, 2.45) is 0 Å². The Balaban J connectivity index is 2.17. The number of pyridine rings is 1. The summed E-state index contributed by atoms with van der Waals surface area (Å²) in [5.41, 5.74) is 1.29. The Bertz CT molecular complexity index is 682. The normalized spacial score (nSPS) is 10.7. The molecule has 20 heavy (non-hydrogen) atoms. The van der Waals surface area contributed by atoms with Gasteiger partial charge in [-0.15, -0.1) is 0 Å². The number of H-pyrrole nitrogens is 1. The van der Waals surface area contributed by atoms with E-state index in [0.29, 0.717) is 23.7 Å². The lowest BCUT2D eigenvalue weighted by molar-refractivity contribution is -0.142. The van der Waals surface area contributed by atoms with Crippen molar-refractivity contribution in [1.29, 1.82) is 0 Å². The first kappa shape index (κ1) is 14.6. The Morgan fingerprint density at radius 2 is 2.20 bits per heavy atom. The summed E-state index contributed by atoms with van der Waals surface area (Å²) in [6, 6.07) is 6.81. The van der Waals surface area contributed by atoms with Gasteiger partial charge in [-0.05, 0) is 24.6 Å². The Hall–Kier alpha value is -1.85. The van der Waals surface area contributed by atoms with Crippen LogP contribution in [0, 0.1) is 0 Å². The van der Waals surface area contributed by atoms with Crippen LogP contribution in [0.3, 0.4) is 0 Å². The number of esters is 1. The van der Waals surface area contributed by atoms with Crippen molar-refractivity contribution in [3.63, 3.8) is 0 Å². The molecule has 0 spiro atoms. The highest BCUT2D eigenvalue weighted by molar-refractivity contribution is 6.31. The van der Waals surface area contributed by atoms with Gasteiger partial charge in [0.1, 0.15) is 0 Å². The molecule has 0 radical (unpaired) electrons. The first-order valence-electron chi connectivity index (χ1n) is 6.28. The molecule has 2 N–H and O–H groups in total. The number of hydrogen-bond acceptors (Lipinski definition) is 4. The minimum Gasteiger partial charge on any atom is -0.465 e. The number of halogens is 1. The summed E-state index contributed by atoms with van der Waals surface area (Å²) < 4.78 is 4.82. The first-order valence-corrected chi connectivity index (χ1v) is 6.65. The Morgan fingerprint density at radius 3 is 2.95 bits per heavy atom. The van der Waals surface area contributed by atoms with Crippen LogP contribution >= 0.6 is 11.6 Å². The molecule has 0 saturated heterocycles. The molecule has 0 atom stereocenters.